The molecule has 0 saturated heterocycles. The van der Waals surface area contributed by atoms with Crippen LogP contribution in [0.25, 0.3) is 0 Å². The summed E-state index contributed by atoms with van der Waals surface area (Å²) in [7, 11) is 1.66. The van der Waals surface area contributed by atoms with Gasteiger partial charge in [0.05, 0.1) is 19.7 Å². The van der Waals surface area contributed by atoms with Gasteiger partial charge in [-0.05, 0) is 20.4 Å². The minimum absolute atomic E-state index is 0.0678. The molecule has 0 aromatic rings. The van der Waals surface area contributed by atoms with E-state index in [-0.39, 0.29) is 37.8 Å². The smallest absolute Gasteiger partial charge is 0.313 e. The standard InChI is InChI=1S/C12H22N2O4/c1-4-6-13-11(16)9-14(3)8-10(15)7-12(17)18-5-2/h4-9H2,1-3H3,(H,13,16). The average Bonchev–Trinajstić information content (AvgIpc) is 2.25. The second kappa shape index (κ2) is 9.58. The summed E-state index contributed by atoms with van der Waals surface area (Å²) in [4.78, 5) is 35.5. The van der Waals surface area contributed by atoms with E-state index in [2.05, 4.69) is 10.1 Å². The number of rotatable bonds is 9. The number of carbonyl (C=O) groups excluding carboxylic acids is 3. The third-order valence-corrected chi connectivity index (χ3v) is 2.08. The van der Waals surface area contributed by atoms with Gasteiger partial charge in [-0.15, -0.1) is 0 Å². The van der Waals surface area contributed by atoms with Gasteiger partial charge in [-0.25, -0.2) is 0 Å². The van der Waals surface area contributed by atoms with Gasteiger partial charge in [-0.2, -0.15) is 0 Å². The molecule has 0 saturated carbocycles. The van der Waals surface area contributed by atoms with Crippen molar-refractivity contribution in [3.05, 3.63) is 0 Å². The van der Waals surface area contributed by atoms with E-state index in [4.69, 9.17) is 0 Å². The molecule has 1 N–H and O–H groups in total. The van der Waals surface area contributed by atoms with E-state index in [1.165, 1.54) is 0 Å². The Morgan fingerprint density at radius 1 is 1.17 bits per heavy atom. The Labute approximate surface area is 108 Å². The van der Waals surface area contributed by atoms with Gasteiger partial charge in [0.1, 0.15) is 6.42 Å². The molecule has 0 heterocycles. The van der Waals surface area contributed by atoms with E-state index >= 15 is 0 Å². The molecule has 0 spiro atoms. The van der Waals surface area contributed by atoms with E-state index in [9.17, 15) is 14.4 Å². The van der Waals surface area contributed by atoms with Crippen molar-refractivity contribution in [1.29, 1.82) is 0 Å². The summed E-state index contributed by atoms with van der Waals surface area (Å²) >= 11 is 0. The quantitative estimate of drug-likeness (QED) is 0.464. The maximum atomic E-state index is 11.5. The van der Waals surface area contributed by atoms with E-state index in [0.29, 0.717) is 6.54 Å². The number of ketones is 1. The second-order valence-corrected chi connectivity index (χ2v) is 4.04. The highest BCUT2D eigenvalue weighted by Crippen LogP contribution is 1.92. The molecule has 1 amide bonds. The minimum Gasteiger partial charge on any atom is -0.466 e. The van der Waals surface area contributed by atoms with Gasteiger partial charge in [0.2, 0.25) is 5.91 Å². The van der Waals surface area contributed by atoms with Gasteiger partial charge in [0.25, 0.3) is 0 Å². The van der Waals surface area contributed by atoms with Crippen LogP contribution in [-0.2, 0) is 19.1 Å². The van der Waals surface area contributed by atoms with Crippen molar-refractivity contribution >= 4 is 17.7 Å². The molecule has 6 heteroatoms. The average molecular weight is 258 g/mol. The molecule has 0 unspecified atom stereocenters. The lowest BCUT2D eigenvalue weighted by Gasteiger charge is -2.14. The van der Waals surface area contributed by atoms with Gasteiger partial charge in [-0.3, -0.25) is 19.3 Å². The Kier molecular flexibility index (Phi) is 8.82. The molecule has 18 heavy (non-hydrogen) atoms. The van der Waals surface area contributed by atoms with Gasteiger partial charge in [-0.1, -0.05) is 6.92 Å². The lowest BCUT2D eigenvalue weighted by atomic mass is 10.2. The Morgan fingerprint density at radius 2 is 1.83 bits per heavy atom. The Hall–Kier alpha value is -1.43. The third kappa shape index (κ3) is 8.69. The van der Waals surface area contributed by atoms with Crippen LogP contribution >= 0.6 is 0 Å². The van der Waals surface area contributed by atoms with Crippen LogP contribution in [0.1, 0.15) is 26.7 Å². The third-order valence-electron chi connectivity index (χ3n) is 2.08. The molecule has 6 nitrogen and oxygen atoms in total. The largest absolute Gasteiger partial charge is 0.466 e. The van der Waals surface area contributed by atoms with Crippen molar-refractivity contribution in [2.24, 2.45) is 0 Å². The van der Waals surface area contributed by atoms with E-state index in [1.807, 2.05) is 6.92 Å². The van der Waals surface area contributed by atoms with Crippen LogP contribution in [0, 0.1) is 0 Å². The summed E-state index contributed by atoms with van der Waals surface area (Å²) in [5.41, 5.74) is 0. The normalized spacial score (nSPS) is 10.2. The molecule has 0 fully saturated rings. The zero-order valence-corrected chi connectivity index (χ0v) is 11.3. The predicted molar refractivity (Wildman–Crippen MR) is 67.1 cm³/mol. The molecule has 0 radical (unpaired) electrons. The maximum absolute atomic E-state index is 11.5. The van der Waals surface area contributed by atoms with Crippen molar-refractivity contribution < 1.29 is 19.1 Å². The molecular formula is C12H22N2O4. The highest BCUT2D eigenvalue weighted by Gasteiger charge is 2.14. The molecule has 0 atom stereocenters. The van der Waals surface area contributed by atoms with Crippen LogP contribution in [0.2, 0.25) is 0 Å². The summed E-state index contributed by atoms with van der Waals surface area (Å²) in [6, 6.07) is 0. The number of hydrogen-bond donors (Lipinski definition) is 1. The summed E-state index contributed by atoms with van der Waals surface area (Å²) in [6.07, 6.45) is 0.631. The SMILES string of the molecule is CCCNC(=O)CN(C)CC(=O)CC(=O)OCC. The molecule has 104 valence electrons. The monoisotopic (exact) mass is 258 g/mol. The number of nitrogens with one attached hydrogen (secondary N) is 1. The Bertz CT molecular complexity index is 292. The molecule has 0 aliphatic heterocycles. The van der Waals surface area contributed by atoms with Gasteiger partial charge in [0.15, 0.2) is 5.78 Å². The molecule has 0 aromatic carbocycles. The van der Waals surface area contributed by atoms with Crippen molar-refractivity contribution in [2.45, 2.75) is 26.7 Å². The molecular weight excluding hydrogens is 236 g/mol. The fourth-order valence-corrected chi connectivity index (χ4v) is 1.35. The van der Waals surface area contributed by atoms with Crippen LogP contribution in [0.3, 0.4) is 0 Å². The maximum Gasteiger partial charge on any atom is 0.313 e. The van der Waals surface area contributed by atoms with E-state index < -0.39 is 5.97 Å². The highest BCUT2D eigenvalue weighted by atomic mass is 16.5. The van der Waals surface area contributed by atoms with Crippen molar-refractivity contribution in [3.63, 3.8) is 0 Å². The second-order valence-electron chi connectivity index (χ2n) is 4.04. The zero-order valence-electron chi connectivity index (χ0n) is 11.3. The predicted octanol–water partition coefficient (Wildman–Crippen LogP) is -0.0333. The van der Waals surface area contributed by atoms with Gasteiger partial charge in [0, 0.05) is 6.54 Å². The van der Waals surface area contributed by atoms with Crippen molar-refractivity contribution in [1.82, 2.24) is 10.2 Å². The number of likely N-dealkylation sites (N-methyl/N-ethyl adjacent to an activating group) is 1. The summed E-state index contributed by atoms with van der Waals surface area (Å²) in [5, 5.41) is 2.71. The van der Waals surface area contributed by atoms with Crippen molar-refractivity contribution in [3.8, 4) is 0 Å². The molecule has 0 aromatic heterocycles. The van der Waals surface area contributed by atoms with Crippen molar-refractivity contribution in [2.75, 3.05) is 33.3 Å². The fourth-order valence-electron chi connectivity index (χ4n) is 1.35. The number of Topliss-reactive ketones (excluding diaryl/α,β-unsaturated/α-hetero) is 1. The Balaban J connectivity index is 3.86. The number of esters is 1. The number of hydrogen-bond acceptors (Lipinski definition) is 5. The number of amides is 1. The first-order valence-electron chi connectivity index (χ1n) is 6.12. The lowest BCUT2D eigenvalue weighted by Crippen LogP contribution is -2.38. The number of ether oxygens (including phenoxy) is 1. The first-order chi connectivity index (χ1) is 8.49. The number of carbonyl (C=O) groups is 3. The summed E-state index contributed by atoms with van der Waals surface area (Å²) in [6.45, 7) is 4.76. The number of nitrogens with zero attached hydrogens (tertiary/aromatic N) is 1. The molecule has 0 aliphatic rings. The van der Waals surface area contributed by atoms with Crippen LogP contribution in [0.4, 0.5) is 0 Å². The lowest BCUT2D eigenvalue weighted by molar-refractivity contribution is -0.145. The molecule has 0 rings (SSSR count). The van der Waals surface area contributed by atoms with E-state index in [0.717, 1.165) is 6.42 Å². The minimum atomic E-state index is -0.522. The molecule has 0 bridgehead atoms. The summed E-state index contributed by atoms with van der Waals surface area (Å²) in [5.74, 6) is -0.895. The van der Waals surface area contributed by atoms with Crippen LogP contribution < -0.4 is 5.32 Å². The first-order valence-corrected chi connectivity index (χ1v) is 6.12. The first kappa shape index (κ1) is 16.6. The van der Waals surface area contributed by atoms with Gasteiger partial charge < -0.3 is 10.1 Å². The topological polar surface area (TPSA) is 75.7 Å². The highest BCUT2D eigenvalue weighted by molar-refractivity contribution is 5.96. The van der Waals surface area contributed by atoms with E-state index in [1.54, 1.807) is 18.9 Å². The molecule has 0 aliphatic carbocycles. The van der Waals surface area contributed by atoms with Crippen LogP contribution in [0.5, 0.6) is 0 Å². The Morgan fingerprint density at radius 3 is 2.39 bits per heavy atom. The zero-order chi connectivity index (χ0) is 14.0. The van der Waals surface area contributed by atoms with Crippen LogP contribution in [0.15, 0.2) is 0 Å². The van der Waals surface area contributed by atoms with Gasteiger partial charge >= 0.3 is 5.97 Å². The summed E-state index contributed by atoms with van der Waals surface area (Å²) < 4.78 is 4.67. The fraction of sp³-hybridized carbons (Fsp3) is 0.750. The van der Waals surface area contributed by atoms with Crippen LogP contribution in [-0.4, -0.2) is 55.8 Å².